The number of aryl methyl sites for hydroxylation is 2. The molecule has 0 bridgehead atoms. The SMILES string of the molecule is Cc1sc2ncnc(SCc3nccn3Cc3ccccc3)c2c1C. The van der Waals surface area contributed by atoms with E-state index in [1.165, 1.54) is 21.4 Å². The number of fused-ring (bicyclic) bond motifs is 1. The molecule has 0 N–H and O–H groups in total. The van der Waals surface area contributed by atoms with Gasteiger partial charge in [-0.1, -0.05) is 42.1 Å². The topological polar surface area (TPSA) is 43.6 Å². The van der Waals surface area contributed by atoms with Gasteiger partial charge in [0.15, 0.2) is 0 Å². The maximum absolute atomic E-state index is 4.54. The van der Waals surface area contributed by atoms with Gasteiger partial charge in [-0.15, -0.1) is 11.3 Å². The Morgan fingerprint density at radius 1 is 1.08 bits per heavy atom. The normalized spacial score (nSPS) is 11.3. The van der Waals surface area contributed by atoms with E-state index >= 15 is 0 Å². The molecule has 0 saturated carbocycles. The van der Waals surface area contributed by atoms with Crippen molar-refractivity contribution in [2.75, 3.05) is 0 Å². The van der Waals surface area contributed by atoms with Crippen molar-refractivity contribution in [3.05, 3.63) is 70.9 Å². The molecule has 0 radical (unpaired) electrons. The average Bonchev–Trinajstić information content (AvgIpc) is 3.19. The molecular formula is C19H18N4S2. The fraction of sp³-hybridized carbons (Fsp3) is 0.211. The smallest absolute Gasteiger partial charge is 0.128 e. The number of hydrogen-bond donors (Lipinski definition) is 0. The van der Waals surface area contributed by atoms with Gasteiger partial charge in [-0.25, -0.2) is 15.0 Å². The van der Waals surface area contributed by atoms with Crippen LogP contribution in [-0.4, -0.2) is 19.5 Å². The Bertz CT molecular complexity index is 1000. The summed E-state index contributed by atoms with van der Waals surface area (Å²) in [6.07, 6.45) is 5.57. The number of rotatable bonds is 5. The van der Waals surface area contributed by atoms with Crippen LogP contribution in [0.25, 0.3) is 10.2 Å². The summed E-state index contributed by atoms with van der Waals surface area (Å²) in [7, 11) is 0. The highest BCUT2D eigenvalue weighted by atomic mass is 32.2. The van der Waals surface area contributed by atoms with Crippen LogP contribution >= 0.6 is 23.1 Å². The maximum atomic E-state index is 4.54. The molecule has 0 saturated heterocycles. The molecule has 0 aliphatic carbocycles. The summed E-state index contributed by atoms with van der Waals surface area (Å²) < 4.78 is 2.20. The van der Waals surface area contributed by atoms with Gasteiger partial charge in [-0.05, 0) is 25.0 Å². The number of hydrogen-bond acceptors (Lipinski definition) is 5. The van der Waals surface area contributed by atoms with Crippen molar-refractivity contribution in [3.8, 4) is 0 Å². The minimum atomic E-state index is 0.792. The first-order valence-electron chi connectivity index (χ1n) is 8.10. The van der Waals surface area contributed by atoms with Gasteiger partial charge in [-0.2, -0.15) is 0 Å². The summed E-state index contributed by atoms with van der Waals surface area (Å²) in [6.45, 7) is 5.13. The molecule has 0 amide bonds. The van der Waals surface area contributed by atoms with Gasteiger partial charge in [0.2, 0.25) is 0 Å². The van der Waals surface area contributed by atoms with Crippen molar-refractivity contribution in [3.63, 3.8) is 0 Å². The van der Waals surface area contributed by atoms with E-state index in [0.717, 1.165) is 28.0 Å². The molecule has 4 rings (SSSR count). The Balaban J connectivity index is 1.56. The second-order valence-corrected chi connectivity index (χ2v) is 8.06. The van der Waals surface area contributed by atoms with Gasteiger partial charge in [0.25, 0.3) is 0 Å². The third-order valence-electron chi connectivity index (χ3n) is 4.27. The number of nitrogens with zero attached hydrogens (tertiary/aromatic N) is 4. The molecule has 4 aromatic rings. The molecule has 6 heteroatoms. The second kappa shape index (κ2) is 6.98. The zero-order chi connectivity index (χ0) is 17.2. The lowest BCUT2D eigenvalue weighted by molar-refractivity contribution is 0.756. The summed E-state index contributed by atoms with van der Waals surface area (Å²) in [5.74, 6) is 1.85. The van der Waals surface area contributed by atoms with Crippen LogP contribution < -0.4 is 0 Å². The van der Waals surface area contributed by atoms with Crippen molar-refractivity contribution >= 4 is 33.3 Å². The zero-order valence-electron chi connectivity index (χ0n) is 14.1. The largest absolute Gasteiger partial charge is 0.330 e. The number of thiophene rings is 1. The molecule has 0 atom stereocenters. The number of aromatic nitrogens is 4. The van der Waals surface area contributed by atoms with Gasteiger partial charge in [0, 0.05) is 29.2 Å². The number of thioether (sulfide) groups is 1. The van der Waals surface area contributed by atoms with Crippen molar-refractivity contribution in [2.45, 2.75) is 31.2 Å². The first-order chi connectivity index (χ1) is 12.2. The minimum absolute atomic E-state index is 0.792. The molecule has 25 heavy (non-hydrogen) atoms. The van der Waals surface area contributed by atoms with Crippen molar-refractivity contribution in [1.82, 2.24) is 19.5 Å². The van der Waals surface area contributed by atoms with Gasteiger partial charge >= 0.3 is 0 Å². The van der Waals surface area contributed by atoms with Gasteiger partial charge < -0.3 is 4.57 Å². The van der Waals surface area contributed by atoms with E-state index in [4.69, 9.17) is 0 Å². The standard InChI is InChI=1S/C19H18N4S2/c1-13-14(2)25-19-17(13)18(21-12-22-19)24-11-16-20-8-9-23(16)10-15-6-4-3-5-7-15/h3-9,12H,10-11H2,1-2H3. The lowest BCUT2D eigenvalue weighted by Gasteiger charge is -2.08. The van der Waals surface area contributed by atoms with Crippen LogP contribution in [0, 0.1) is 13.8 Å². The third kappa shape index (κ3) is 3.32. The van der Waals surface area contributed by atoms with E-state index < -0.39 is 0 Å². The fourth-order valence-electron chi connectivity index (χ4n) is 2.80. The molecule has 0 unspecified atom stereocenters. The average molecular weight is 367 g/mol. The molecule has 126 valence electrons. The van der Waals surface area contributed by atoms with E-state index in [1.54, 1.807) is 29.4 Å². The summed E-state index contributed by atoms with van der Waals surface area (Å²) in [6, 6.07) is 10.5. The lowest BCUT2D eigenvalue weighted by Crippen LogP contribution is -2.03. The highest BCUT2D eigenvalue weighted by molar-refractivity contribution is 7.98. The van der Waals surface area contributed by atoms with Crippen LogP contribution in [0.15, 0.2) is 54.1 Å². The quantitative estimate of drug-likeness (QED) is 0.374. The van der Waals surface area contributed by atoms with Crippen molar-refractivity contribution < 1.29 is 0 Å². The lowest BCUT2D eigenvalue weighted by atomic mass is 10.2. The molecular weight excluding hydrogens is 348 g/mol. The van der Waals surface area contributed by atoms with Gasteiger partial charge in [0.05, 0.1) is 5.75 Å². The molecule has 3 heterocycles. The monoisotopic (exact) mass is 366 g/mol. The first kappa shape index (κ1) is 16.3. The summed E-state index contributed by atoms with van der Waals surface area (Å²) in [4.78, 5) is 15.8. The van der Waals surface area contributed by atoms with Crippen LogP contribution in [0.3, 0.4) is 0 Å². The first-order valence-corrected chi connectivity index (χ1v) is 9.90. The molecule has 0 fully saturated rings. The summed E-state index contributed by atoms with van der Waals surface area (Å²) in [5, 5.41) is 2.23. The van der Waals surface area contributed by atoms with E-state index in [1.807, 2.05) is 18.5 Å². The predicted octanol–water partition coefficient (Wildman–Crippen LogP) is 4.85. The number of benzene rings is 1. The van der Waals surface area contributed by atoms with Crippen molar-refractivity contribution in [2.24, 2.45) is 0 Å². The molecule has 4 nitrogen and oxygen atoms in total. The summed E-state index contributed by atoms with van der Waals surface area (Å²) >= 11 is 3.47. The third-order valence-corrected chi connectivity index (χ3v) is 6.37. The van der Waals surface area contributed by atoms with Crippen LogP contribution in [-0.2, 0) is 12.3 Å². The van der Waals surface area contributed by atoms with E-state index in [0.29, 0.717) is 0 Å². The van der Waals surface area contributed by atoms with Crippen molar-refractivity contribution in [1.29, 1.82) is 0 Å². The Morgan fingerprint density at radius 3 is 2.76 bits per heavy atom. The number of imidazole rings is 1. The van der Waals surface area contributed by atoms with Gasteiger partial charge in [-0.3, -0.25) is 0 Å². The Labute approximate surface area is 155 Å². The minimum Gasteiger partial charge on any atom is -0.330 e. The second-order valence-electron chi connectivity index (χ2n) is 5.89. The highest BCUT2D eigenvalue weighted by Crippen LogP contribution is 2.35. The van der Waals surface area contributed by atoms with E-state index in [-0.39, 0.29) is 0 Å². The Morgan fingerprint density at radius 2 is 1.92 bits per heavy atom. The van der Waals surface area contributed by atoms with Crippen LogP contribution in [0.1, 0.15) is 21.8 Å². The van der Waals surface area contributed by atoms with Crippen LogP contribution in [0.2, 0.25) is 0 Å². The van der Waals surface area contributed by atoms with E-state index in [2.05, 4.69) is 57.6 Å². The van der Waals surface area contributed by atoms with Crippen LogP contribution in [0.4, 0.5) is 0 Å². The molecule has 1 aromatic carbocycles. The fourth-order valence-corrected chi connectivity index (χ4v) is 4.88. The predicted molar refractivity (Wildman–Crippen MR) is 104 cm³/mol. The maximum Gasteiger partial charge on any atom is 0.128 e. The summed E-state index contributed by atoms with van der Waals surface area (Å²) in [5.41, 5.74) is 2.57. The Hall–Kier alpha value is -2.18. The zero-order valence-corrected chi connectivity index (χ0v) is 15.8. The highest BCUT2D eigenvalue weighted by Gasteiger charge is 2.13. The molecule has 0 aliphatic rings. The van der Waals surface area contributed by atoms with E-state index in [9.17, 15) is 0 Å². The molecule has 0 aliphatic heterocycles. The molecule has 3 aromatic heterocycles. The van der Waals surface area contributed by atoms with Gasteiger partial charge in [0.1, 0.15) is 22.0 Å². The Kier molecular flexibility index (Phi) is 4.55. The van der Waals surface area contributed by atoms with Crippen LogP contribution in [0.5, 0.6) is 0 Å². The molecule has 0 spiro atoms.